The molecule has 144 valence electrons. The number of fused-ring (bicyclic) bond motifs is 1. The fourth-order valence-corrected chi connectivity index (χ4v) is 3.95. The summed E-state index contributed by atoms with van der Waals surface area (Å²) in [6.07, 6.45) is 8.95. The number of rotatable bonds is 10. The highest BCUT2D eigenvalue weighted by Crippen LogP contribution is 2.23. The molecule has 0 bridgehead atoms. The lowest BCUT2D eigenvalue weighted by atomic mass is 10.1. The van der Waals surface area contributed by atoms with Crippen molar-refractivity contribution in [2.75, 3.05) is 5.75 Å². The van der Waals surface area contributed by atoms with Gasteiger partial charge in [-0.15, -0.1) is 0 Å². The molecule has 0 fully saturated rings. The van der Waals surface area contributed by atoms with E-state index in [9.17, 15) is 9.59 Å². The van der Waals surface area contributed by atoms with Crippen LogP contribution < -0.4 is 11.2 Å². The van der Waals surface area contributed by atoms with Crippen LogP contribution in [-0.4, -0.2) is 24.9 Å². The number of H-pyrrole nitrogens is 1. The van der Waals surface area contributed by atoms with E-state index in [1.165, 1.54) is 42.0 Å². The largest absolute Gasteiger partial charge is 0.329 e. The summed E-state index contributed by atoms with van der Waals surface area (Å²) in [5.41, 5.74) is 0.0748. The first kappa shape index (κ1) is 20.8. The maximum Gasteiger partial charge on any atom is 0.329 e. The number of hydrogen-bond donors (Lipinski definition) is 1. The van der Waals surface area contributed by atoms with Crippen molar-refractivity contribution in [1.29, 1.82) is 0 Å². The van der Waals surface area contributed by atoms with Crippen LogP contribution in [0.5, 0.6) is 0 Å². The molecule has 0 aliphatic rings. The Kier molecular flexibility index (Phi) is 8.03. The summed E-state index contributed by atoms with van der Waals surface area (Å²) in [7, 11) is 1.62. The number of allylic oxidation sites excluding steroid dienone is 1. The topological polar surface area (TPSA) is 72.7 Å². The quantitative estimate of drug-likeness (QED) is 0.484. The predicted molar refractivity (Wildman–Crippen MR) is 109 cm³/mol. The minimum atomic E-state index is -0.445. The SMILES string of the molecule is CCCCCCCCn1c(SC/C=C(\C)Cl)nc2c1c(=O)[nH]c(=O)n2C. The van der Waals surface area contributed by atoms with Crippen molar-refractivity contribution in [2.24, 2.45) is 7.05 Å². The number of aromatic amines is 1. The predicted octanol–water partition coefficient (Wildman–Crippen LogP) is 4.02. The molecule has 0 aliphatic heterocycles. The summed E-state index contributed by atoms with van der Waals surface area (Å²) in [4.78, 5) is 31.2. The van der Waals surface area contributed by atoms with Gasteiger partial charge in [-0.2, -0.15) is 0 Å². The number of unbranched alkanes of at least 4 members (excludes halogenated alkanes) is 5. The molecular formula is C18H27ClN4O2S. The second-order valence-corrected chi connectivity index (χ2v) is 7.99. The maximum atomic E-state index is 12.4. The zero-order valence-electron chi connectivity index (χ0n) is 15.7. The Bertz CT molecular complexity index is 878. The third-order valence-corrected chi connectivity index (χ3v) is 5.34. The minimum absolute atomic E-state index is 0.377. The van der Waals surface area contributed by atoms with Crippen LogP contribution >= 0.6 is 23.4 Å². The average Bonchev–Trinajstić information content (AvgIpc) is 2.95. The van der Waals surface area contributed by atoms with Crippen LogP contribution in [0, 0.1) is 0 Å². The molecule has 0 saturated heterocycles. The maximum absolute atomic E-state index is 12.4. The van der Waals surface area contributed by atoms with Crippen molar-refractivity contribution >= 4 is 34.5 Å². The van der Waals surface area contributed by atoms with E-state index in [1.54, 1.807) is 7.05 Å². The molecule has 0 amide bonds. The van der Waals surface area contributed by atoms with Crippen molar-refractivity contribution in [1.82, 2.24) is 19.1 Å². The Labute approximate surface area is 162 Å². The molecule has 0 saturated carbocycles. The van der Waals surface area contributed by atoms with E-state index < -0.39 is 5.69 Å². The number of aromatic nitrogens is 4. The van der Waals surface area contributed by atoms with Crippen LogP contribution in [0.3, 0.4) is 0 Å². The monoisotopic (exact) mass is 398 g/mol. The van der Waals surface area contributed by atoms with Crippen molar-refractivity contribution in [3.63, 3.8) is 0 Å². The van der Waals surface area contributed by atoms with Gasteiger partial charge in [0.15, 0.2) is 16.3 Å². The van der Waals surface area contributed by atoms with E-state index in [1.807, 2.05) is 17.6 Å². The molecule has 0 aromatic carbocycles. The summed E-state index contributed by atoms with van der Waals surface area (Å²) in [6.45, 7) is 4.75. The molecular weight excluding hydrogens is 372 g/mol. The van der Waals surface area contributed by atoms with Gasteiger partial charge >= 0.3 is 5.69 Å². The Hall–Kier alpha value is -1.47. The highest BCUT2D eigenvalue weighted by Gasteiger charge is 2.17. The van der Waals surface area contributed by atoms with Crippen molar-refractivity contribution < 1.29 is 0 Å². The van der Waals surface area contributed by atoms with E-state index in [-0.39, 0.29) is 5.56 Å². The molecule has 2 aromatic heterocycles. The molecule has 0 radical (unpaired) electrons. The van der Waals surface area contributed by atoms with E-state index in [0.29, 0.717) is 16.9 Å². The summed E-state index contributed by atoms with van der Waals surface area (Å²) >= 11 is 7.42. The third-order valence-electron chi connectivity index (χ3n) is 4.28. The summed E-state index contributed by atoms with van der Waals surface area (Å²) in [5, 5.41) is 1.47. The number of nitrogens with one attached hydrogen (secondary N) is 1. The van der Waals surface area contributed by atoms with Gasteiger partial charge in [-0.1, -0.05) is 68.5 Å². The van der Waals surface area contributed by atoms with Gasteiger partial charge in [0.25, 0.3) is 5.56 Å². The van der Waals surface area contributed by atoms with Gasteiger partial charge in [0.2, 0.25) is 0 Å². The van der Waals surface area contributed by atoms with Gasteiger partial charge in [-0.05, 0) is 13.3 Å². The molecule has 1 N–H and O–H groups in total. The van der Waals surface area contributed by atoms with Gasteiger partial charge in [0.1, 0.15) is 0 Å². The number of halogens is 1. The lowest BCUT2D eigenvalue weighted by molar-refractivity contribution is 0.544. The first-order chi connectivity index (χ1) is 12.5. The molecule has 0 aliphatic carbocycles. The minimum Gasteiger partial charge on any atom is -0.313 e. The molecule has 2 heterocycles. The van der Waals surface area contributed by atoms with E-state index in [4.69, 9.17) is 11.6 Å². The number of hydrogen-bond acceptors (Lipinski definition) is 4. The molecule has 0 spiro atoms. The van der Waals surface area contributed by atoms with Gasteiger partial charge in [0, 0.05) is 24.4 Å². The van der Waals surface area contributed by atoms with Gasteiger partial charge in [-0.3, -0.25) is 14.3 Å². The first-order valence-electron chi connectivity index (χ1n) is 9.10. The highest BCUT2D eigenvalue weighted by molar-refractivity contribution is 7.99. The van der Waals surface area contributed by atoms with Crippen molar-refractivity contribution in [3.8, 4) is 0 Å². The number of nitrogens with zero attached hydrogens (tertiary/aromatic N) is 3. The molecule has 0 atom stereocenters. The van der Waals surface area contributed by atoms with Gasteiger partial charge in [0.05, 0.1) is 0 Å². The molecule has 2 rings (SSSR count). The third kappa shape index (κ3) is 5.27. The Balaban J connectivity index is 2.27. The van der Waals surface area contributed by atoms with Crippen LogP contribution in [0.4, 0.5) is 0 Å². The Morgan fingerprint density at radius 3 is 2.62 bits per heavy atom. The second-order valence-electron chi connectivity index (χ2n) is 6.41. The molecule has 8 heteroatoms. The zero-order chi connectivity index (χ0) is 19.1. The summed E-state index contributed by atoms with van der Waals surface area (Å²) in [5.74, 6) is 0.668. The zero-order valence-corrected chi connectivity index (χ0v) is 17.3. The van der Waals surface area contributed by atoms with Gasteiger partial charge in [-0.25, -0.2) is 9.78 Å². The Morgan fingerprint density at radius 1 is 1.23 bits per heavy atom. The van der Waals surface area contributed by atoms with Crippen molar-refractivity contribution in [2.45, 2.75) is 64.1 Å². The van der Waals surface area contributed by atoms with Crippen LogP contribution in [0.1, 0.15) is 52.4 Å². The molecule has 26 heavy (non-hydrogen) atoms. The molecule has 2 aromatic rings. The average molecular weight is 399 g/mol. The van der Waals surface area contributed by atoms with Crippen LogP contribution in [0.2, 0.25) is 0 Å². The lowest BCUT2D eigenvalue weighted by Gasteiger charge is -2.08. The fourth-order valence-electron chi connectivity index (χ4n) is 2.81. The summed E-state index contributed by atoms with van der Waals surface area (Å²) < 4.78 is 3.33. The standard InChI is InChI=1S/C18H27ClN4O2S/c1-4-5-6-7-8-9-11-23-14-15(22(3)17(25)21-16(14)24)20-18(23)26-12-10-13(2)19/h10H,4-9,11-12H2,1-3H3,(H,21,24,25)/b13-10+. The van der Waals surface area contributed by atoms with E-state index >= 15 is 0 Å². The summed E-state index contributed by atoms with van der Waals surface area (Å²) in [6, 6.07) is 0. The number of imidazole rings is 1. The second kappa shape index (κ2) is 10.0. The van der Waals surface area contributed by atoms with E-state index in [0.717, 1.165) is 29.6 Å². The Morgan fingerprint density at radius 2 is 1.92 bits per heavy atom. The molecule has 0 unspecified atom stereocenters. The van der Waals surface area contributed by atoms with Crippen LogP contribution in [0.25, 0.3) is 11.2 Å². The normalized spacial score (nSPS) is 12.2. The van der Waals surface area contributed by atoms with E-state index in [2.05, 4.69) is 16.9 Å². The smallest absolute Gasteiger partial charge is 0.313 e. The highest BCUT2D eigenvalue weighted by atomic mass is 35.5. The lowest BCUT2D eigenvalue weighted by Crippen LogP contribution is -2.29. The number of aryl methyl sites for hydroxylation is 2. The fraction of sp³-hybridized carbons (Fsp3) is 0.611. The molecule has 6 nitrogen and oxygen atoms in total. The van der Waals surface area contributed by atoms with Gasteiger partial charge < -0.3 is 4.57 Å². The van der Waals surface area contributed by atoms with Crippen LogP contribution in [-0.2, 0) is 13.6 Å². The number of thioether (sulfide) groups is 1. The van der Waals surface area contributed by atoms with Crippen molar-refractivity contribution in [3.05, 3.63) is 31.9 Å². The first-order valence-corrected chi connectivity index (χ1v) is 10.5. The van der Waals surface area contributed by atoms with Crippen LogP contribution in [0.15, 0.2) is 25.9 Å².